The lowest BCUT2D eigenvalue weighted by Crippen LogP contribution is -2.47. The van der Waals surface area contributed by atoms with E-state index in [1.54, 1.807) is 0 Å². The summed E-state index contributed by atoms with van der Waals surface area (Å²) in [5.41, 5.74) is 5.11. The zero-order valence-corrected chi connectivity index (χ0v) is 13.9. The molecule has 0 spiro atoms. The second-order valence-corrected chi connectivity index (χ2v) is 6.98. The van der Waals surface area contributed by atoms with Gasteiger partial charge < -0.3 is 21.1 Å². The Morgan fingerprint density at radius 3 is 2.52 bits per heavy atom. The van der Waals surface area contributed by atoms with E-state index in [9.17, 15) is 4.79 Å². The van der Waals surface area contributed by atoms with Crippen molar-refractivity contribution in [2.75, 3.05) is 19.6 Å². The fourth-order valence-corrected chi connectivity index (χ4v) is 2.84. The molecule has 1 atom stereocenters. The number of carbonyl (C=O) groups is 1. The topological polar surface area (TPSA) is 76.4 Å². The van der Waals surface area contributed by atoms with Crippen LogP contribution in [0.25, 0.3) is 0 Å². The zero-order chi connectivity index (χ0) is 15.7. The number of rotatable bonds is 7. The molecular weight excluding hydrogens is 266 g/mol. The third kappa shape index (κ3) is 8.27. The lowest BCUT2D eigenvalue weighted by atomic mass is 9.84. The summed E-state index contributed by atoms with van der Waals surface area (Å²) in [6, 6.07) is 0.323. The molecule has 124 valence electrons. The molecular formula is C16H33N3O2. The zero-order valence-electron chi connectivity index (χ0n) is 13.9. The molecule has 1 fully saturated rings. The number of carbonyl (C=O) groups excluding carboxylic acids is 1. The number of nitrogens with two attached hydrogens (primary N) is 1. The van der Waals surface area contributed by atoms with E-state index in [1.165, 1.54) is 32.1 Å². The Balaban J connectivity index is 2.41. The van der Waals surface area contributed by atoms with Crippen LogP contribution >= 0.6 is 0 Å². The summed E-state index contributed by atoms with van der Waals surface area (Å²) < 4.78 is 5.30. The molecule has 0 radical (unpaired) electrons. The molecule has 0 aromatic heterocycles. The maximum atomic E-state index is 11.8. The number of nitrogens with one attached hydrogen (secondary N) is 2. The third-order valence-electron chi connectivity index (χ3n) is 3.87. The lowest BCUT2D eigenvalue weighted by Gasteiger charge is -2.31. The van der Waals surface area contributed by atoms with E-state index in [0.717, 1.165) is 13.0 Å². The molecule has 0 aromatic carbocycles. The Morgan fingerprint density at radius 2 is 1.95 bits per heavy atom. The van der Waals surface area contributed by atoms with Crippen molar-refractivity contribution in [3.05, 3.63) is 0 Å². The highest BCUT2D eigenvalue weighted by atomic mass is 16.6. The van der Waals surface area contributed by atoms with Gasteiger partial charge in [0.1, 0.15) is 5.60 Å². The van der Waals surface area contributed by atoms with Gasteiger partial charge in [0.15, 0.2) is 0 Å². The maximum Gasteiger partial charge on any atom is 0.407 e. The van der Waals surface area contributed by atoms with Gasteiger partial charge in [-0.05, 0) is 59.0 Å². The lowest BCUT2D eigenvalue weighted by molar-refractivity contribution is 0.0516. The molecule has 1 aliphatic carbocycles. The Labute approximate surface area is 129 Å². The smallest absolute Gasteiger partial charge is 0.407 e. The molecule has 0 bridgehead atoms. The molecule has 0 aromatic rings. The van der Waals surface area contributed by atoms with E-state index in [-0.39, 0.29) is 6.09 Å². The van der Waals surface area contributed by atoms with Crippen LogP contribution in [0, 0.1) is 5.92 Å². The van der Waals surface area contributed by atoms with Crippen LogP contribution in [-0.2, 0) is 4.74 Å². The normalized spacial score (nSPS) is 18.3. The maximum absolute atomic E-state index is 11.8. The SMILES string of the molecule is CC(C)(C)OC(=O)NCC(NCCCN)C1CCCCC1. The van der Waals surface area contributed by atoms with E-state index in [2.05, 4.69) is 10.6 Å². The molecule has 4 N–H and O–H groups in total. The number of ether oxygens (including phenoxy) is 1. The summed E-state index contributed by atoms with van der Waals surface area (Å²) in [5.74, 6) is 0.645. The second-order valence-electron chi connectivity index (χ2n) is 6.98. The molecule has 5 nitrogen and oxygen atoms in total. The van der Waals surface area contributed by atoms with Gasteiger partial charge in [0, 0.05) is 12.6 Å². The number of hydrogen-bond donors (Lipinski definition) is 3. The average Bonchev–Trinajstić information content (AvgIpc) is 2.41. The van der Waals surface area contributed by atoms with Crippen LogP contribution in [-0.4, -0.2) is 37.4 Å². The second kappa shape index (κ2) is 9.26. The molecule has 1 unspecified atom stereocenters. The van der Waals surface area contributed by atoms with Gasteiger partial charge in [0.2, 0.25) is 0 Å². The van der Waals surface area contributed by atoms with Gasteiger partial charge in [0.25, 0.3) is 0 Å². The fourth-order valence-electron chi connectivity index (χ4n) is 2.84. The quantitative estimate of drug-likeness (QED) is 0.631. The van der Waals surface area contributed by atoms with Crippen molar-refractivity contribution in [2.24, 2.45) is 11.7 Å². The number of amides is 1. The van der Waals surface area contributed by atoms with Crippen LogP contribution in [0.5, 0.6) is 0 Å². The van der Waals surface area contributed by atoms with Gasteiger partial charge in [-0.3, -0.25) is 0 Å². The molecule has 0 heterocycles. The van der Waals surface area contributed by atoms with Gasteiger partial charge in [-0.1, -0.05) is 19.3 Å². The highest BCUT2D eigenvalue weighted by Crippen LogP contribution is 2.26. The predicted octanol–water partition coefficient (Wildman–Crippen LogP) is 2.40. The predicted molar refractivity (Wildman–Crippen MR) is 86.3 cm³/mol. The van der Waals surface area contributed by atoms with Crippen LogP contribution in [0.1, 0.15) is 59.3 Å². The monoisotopic (exact) mass is 299 g/mol. The molecule has 0 aliphatic heterocycles. The fraction of sp³-hybridized carbons (Fsp3) is 0.938. The largest absolute Gasteiger partial charge is 0.444 e. The van der Waals surface area contributed by atoms with Gasteiger partial charge in [-0.25, -0.2) is 4.79 Å². The van der Waals surface area contributed by atoms with Crippen LogP contribution in [0.2, 0.25) is 0 Å². The summed E-state index contributed by atoms with van der Waals surface area (Å²) >= 11 is 0. The molecule has 1 amide bonds. The van der Waals surface area contributed by atoms with E-state index < -0.39 is 5.60 Å². The van der Waals surface area contributed by atoms with Crippen LogP contribution in [0.4, 0.5) is 4.79 Å². The Bertz CT molecular complexity index is 296. The Hall–Kier alpha value is -0.810. The van der Waals surface area contributed by atoms with Crippen molar-refractivity contribution in [3.8, 4) is 0 Å². The molecule has 1 aliphatic rings. The first kappa shape index (κ1) is 18.2. The van der Waals surface area contributed by atoms with Crippen LogP contribution in [0.15, 0.2) is 0 Å². The van der Waals surface area contributed by atoms with Crippen LogP contribution < -0.4 is 16.4 Å². The first-order valence-corrected chi connectivity index (χ1v) is 8.32. The molecule has 1 saturated carbocycles. The van der Waals surface area contributed by atoms with E-state index in [4.69, 9.17) is 10.5 Å². The highest BCUT2D eigenvalue weighted by Gasteiger charge is 2.24. The summed E-state index contributed by atoms with van der Waals surface area (Å²) in [7, 11) is 0. The van der Waals surface area contributed by atoms with Gasteiger partial charge in [-0.15, -0.1) is 0 Å². The molecule has 0 saturated heterocycles. The summed E-state index contributed by atoms with van der Waals surface area (Å²) in [5, 5.41) is 6.47. The summed E-state index contributed by atoms with van der Waals surface area (Å²) in [4.78, 5) is 11.8. The minimum atomic E-state index is -0.447. The molecule has 21 heavy (non-hydrogen) atoms. The average molecular weight is 299 g/mol. The van der Waals surface area contributed by atoms with Crippen molar-refractivity contribution in [1.29, 1.82) is 0 Å². The minimum Gasteiger partial charge on any atom is -0.444 e. The Morgan fingerprint density at radius 1 is 1.29 bits per heavy atom. The summed E-state index contributed by atoms with van der Waals surface area (Å²) in [6.45, 7) is 7.88. The van der Waals surface area contributed by atoms with Gasteiger partial charge in [-0.2, -0.15) is 0 Å². The molecule has 5 heteroatoms. The molecule has 1 rings (SSSR count). The van der Waals surface area contributed by atoms with Gasteiger partial charge >= 0.3 is 6.09 Å². The first-order chi connectivity index (χ1) is 9.92. The highest BCUT2D eigenvalue weighted by molar-refractivity contribution is 5.67. The standard InChI is InChI=1S/C16H33N3O2/c1-16(2,3)21-15(20)19-12-14(18-11-7-10-17)13-8-5-4-6-9-13/h13-14,18H,4-12,17H2,1-3H3,(H,19,20). The first-order valence-electron chi connectivity index (χ1n) is 8.32. The van der Waals surface area contributed by atoms with Crippen LogP contribution in [0.3, 0.4) is 0 Å². The van der Waals surface area contributed by atoms with Crippen molar-refractivity contribution >= 4 is 6.09 Å². The van der Waals surface area contributed by atoms with Crippen molar-refractivity contribution in [3.63, 3.8) is 0 Å². The third-order valence-corrected chi connectivity index (χ3v) is 3.87. The summed E-state index contributed by atoms with van der Waals surface area (Å²) in [6.07, 6.45) is 7.07. The van der Waals surface area contributed by atoms with E-state index in [0.29, 0.717) is 25.0 Å². The van der Waals surface area contributed by atoms with Gasteiger partial charge in [0.05, 0.1) is 0 Å². The minimum absolute atomic E-state index is 0.323. The number of alkyl carbamates (subject to hydrolysis) is 1. The number of hydrogen-bond acceptors (Lipinski definition) is 4. The van der Waals surface area contributed by atoms with Crippen molar-refractivity contribution in [2.45, 2.75) is 70.9 Å². The van der Waals surface area contributed by atoms with Crippen molar-refractivity contribution in [1.82, 2.24) is 10.6 Å². The van der Waals surface area contributed by atoms with E-state index in [1.807, 2.05) is 20.8 Å². The van der Waals surface area contributed by atoms with E-state index >= 15 is 0 Å². The van der Waals surface area contributed by atoms with Crippen molar-refractivity contribution < 1.29 is 9.53 Å². The Kier molecular flexibility index (Phi) is 8.04.